The van der Waals surface area contributed by atoms with Crippen LogP contribution < -0.4 is 4.90 Å². The Morgan fingerprint density at radius 1 is 1.53 bits per heavy atom. The number of aliphatic hydroxyl groups excluding tert-OH is 1. The van der Waals surface area contributed by atoms with E-state index in [9.17, 15) is 15.2 Å². The van der Waals surface area contributed by atoms with Gasteiger partial charge in [-0.2, -0.15) is 0 Å². The van der Waals surface area contributed by atoms with E-state index in [1.54, 1.807) is 6.92 Å². The van der Waals surface area contributed by atoms with Crippen LogP contribution in [-0.2, 0) is 0 Å². The molecule has 2 rings (SSSR count). The summed E-state index contributed by atoms with van der Waals surface area (Å²) in [5.41, 5.74) is 0.130. The number of rotatable bonds is 4. The summed E-state index contributed by atoms with van der Waals surface area (Å²) >= 11 is 1.34. The molecular formula is C13H20N2O3S. The van der Waals surface area contributed by atoms with Crippen molar-refractivity contribution < 1.29 is 10.0 Å². The molecule has 6 heteroatoms. The Morgan fingerprint density at radius 2 is 2.21 bits per heavy atom. The van der Waals surface area contributed by atoms with Gasteiger partial charge in [0.05, 0.1) is 11.0 Å². The Labute approximate surface area is 117 Å². The minimum Gasteiger partial charge on any atom is -0.388 e. The van der Waals surface area contributed by atoms with Gasteiger partial charge in [-0.3, -0.25) is 10.1 Å². The fourth-order valence-electron chi connectivity index (χ4n) is 2.47. The summed E-state index contributed by atoms with van der Waals surface area (Å²) in [7, 11) is 0. The molecule has 1 N–H and O–H groups in total. The molecule has 19 heavy (non-hydrogen) atoms. The van der Waals surface area contributed by atoms with Gasteiger partial charge in [-0.05, 0) is 25.2 Å². The number of anilines is 1. The first-order valence-corrected chi connectivity index (χ1v) is 7.43. The molecule has 1 aromatic rings. The van der Waals surface area contributed by atoms with E-state index in [-0.39, 0.29) is 10.6 Å². The van der Waals surface area contributed by atoms with Crippen molar-refractivity contribution in [1.29, 1.82) is 0 Å². The second-order valence-electron chi connectivity index (χ2n) is 5.51. The molecule has 1 fully saturated rings. The summed E-state index contributed by atoms with van der Waals surface area (Å²) in [6, 6.07) is 1.51. The van der Waals surface area contributed by atoms with Gasteiger partial charge in [0.25, 0.3) is 0 Å². The van der Waals surface area contributed by atoms with Crippen LogP contribution in [0.25, 0.3) is 0 Å². The van der Waals surface area contributed by atoms with Gasteiger partial charge in [0.15, 0.2) is 5.00 Å². The lowest BCUT2D eigenvalue weighted by Gasteiger charge is -2.17. The zero-order valence-corrected chi connectivity index (χ0v) is 12.3. The monoisotopic (exact) mass is 284 g/mol. The third kappa shape index (κ3) is 2.90. The van der Waals surface area contributed by atoms with Gasteiger partial charge in [0.2, 0.25) is 0 Å². The maximum Gasteiger partial charge on any atom is 0.304 e. The van der Waals surface area contributed by atoms with Gasteiger partial charge < -0.3 is 10.0 Å². The summed E-state index contributed by atoms with van der Waals surface area (Å²) < 4.78 is 0. The molecule has 1 aromatic heterocycles. The molecule has 0 aromatic carbocycles. The fourth-order valence-corrected chi connectivity index (χ4v) is 3.57. The molecule has 5 nitrogen and oxygen atoms in total. The molecule has 0 bridgehead atoms. The molecule has 2 atom stereocenters. The summed E-state index contributed by atoms with van der Waals surface area (Å²) in [6.07, 6.45) is 0.428. The number of nitrogens with zero attached hydrogens (tertiary/aromatic N) is 2. The van der Waals surface area contributed by atoms with E-state index < -0.39 is 6.10 Å². The van der Waals surface area contributed by atoms with Crippen LogP contribution in [0.15, 0.2) is 6.07 Å². The summed E-state index contributed by atoms with van der Waals surface area (Å²) in [6.45, 7) is 7.76. The van der Waals surface area contributed by atoms with E-state index in [1.807, 2.05) is 0 Å². The molecule has 1 aliphatic rings. The predicted molar refractivity (Wildman–Crippen MR) is 76.8 cm³/mol. The predicted octanol–water partition coefficient (Wildman–Crippen LogP) is 3.19. The number of thiophene rings is 1. The van der Waals surface area contributed by atoms with Crippen LogP contribution in [0.5, 0.6) is 0 Å². The van der Waals surface area contributed by atoms with Crippen molar-refractivity contribution >= 4 is 22.0 Å². The second-order valence-corrected chi connectivity index (χ2v) is 6.57. The summed E-state index contributed by atoms with van der Waals surface area (Å²) in [4.78, 5) is 13.5. The van der Waals surface area contributed by atoms with Crippen LogP contribution in [0.3, 0.4) is 0 Å². The van der Waals surface area contributed by atoms with Gasteiger partial charge in [0.1, 0.15) is 0 Å². The third-order valence-electron chi connectivity index (χ3n) is 3.78. The lowest BCUT2D eigenvalue weighted by atomic mass is 9.95. The highest BCUT2D eigenvalue weighted by molar-refractivity contribution is 7.16. The van der Waals surface area contributed by atoms with Crippen molar-refractivity contribution in [1.82, 2.24) is 0 Å². The van der Waals surface area contributed by atoms with Crippen molar-refractivity contribution in [2.24, 2.45) is 11.8 Å². The van der Waals surface area contributed by atoms with Gasteiger partial charge in [0, 0.05) is 24.0 Å². The molecule has 1 aliphatic heterocycles. The summed E-state index contributed by atoms with van der Waals surface area (Å²) in [5.74, 6) is 1.19. The average Bonchev–Trinajstić information content (AvgIpc) is 2.95. The normalized spacial score (nSPS) is 21.1. The Hall–Kier alpha value is -1.14. The highest BCUT2D eigenvalue weighted by Gasteiger charge is 2.31. The van der Waals surface area contributed by atoms with Crippen LogP contribution in [0.1, 0.15) is 38.2 Å². The van der Waals surface area contributed by atoms with Crippen LogP contribution >= 0.6 is 11.3 Å². The smallest absolute Gasteiger partial charge is 0.304 e. The molecule has 2 heterocycles. The molecule has 1 unspecified atom stereocenters. The van der Waals surface area contributed by atoms with Crippen LogP contribution in [0.4, 0.5) is 10.7 Å². The highest BCUT2D eigenvalue weighted by Crippen LogP contribution is 2.42. The molecule has 0 amide bonds. The topological polar surface area (TPSA) is 66.6 Å². The first kappa shape index (κ1) is 14.3. The van der Waals surface area contributed by atoms with E-state index >= 15 is 0 Å². The molecule has 1 saturated heterocycles. The van der Waals surface area contributed by atoms with Crippen molar-refractivity contribution in [3.8, 4) is 0 Å². The molecule has 0 aliphatic carbocycles. The first-order valence-electron chi connectivity index (χ1n) is 6.61. The van der Waals surface area contributed by atoms with Gasteiger partial charge >= 0.3 is 5.69 Å². The molecule has 0 spiro atoms. The van der Waals surface area contributed by atoms with E-state index in [4.69, 9.17) is 0 Å². The van der Waals surface area contributed by atoms with Gasteiger partial charge in [-0.1, -0.05) is 13.8 Å². The second kappa shape index (κ2) is 5.46. The van der Waals surface area contributed by atoms with Crippen molar-refractivity contribution in [3.63, 3.8) is 0 Å². The molecule has 0 radical (unpaired) electrons. The molecule has 0 saturated carbocycles. The van der Waals surface area contributed by atoms with Crippen LogP contribution in [0, 0.1) is 22.0 Å². The molecule has 106 valence electrons. The lowest BCUT2D eigenvalue weighted by Crippen LogP contribution is -2.20. The largest absolute Gasteiger partial charge is 0.388 e. The highest BCUT2D eigenvalue weighted by atomic mass is 32.1. The van der Waals surface area contributed by atoms with Crippen LogP contribution in [-0.4, -0.2) is 23.1 Å². The number of hydrogen-bond acceptors (Lipinski definition) is 5. The van der Waals surface area contributed by atoms with Gasteiger partial charge in [-0.15, -0.1) is 11.3 Å². The minimum absolute atomic E-state index is 0.130. The van der Waals surface area contributed by atoms with Crippen molar-refractivity contribution in [2.75, 3.05) is 18.0 Å². The van der Waals surface area contributed by atoms with Crippen LogP contribution in [0.2, 0.25) is 0 Å². The standard InChI is InChI=1S/C13H20N2O3S/c1-8(2)10-4-5-14(7-10)13-11(15(17)18)6-12(19-13)9(3)16/h6,8-10,16H,4-5,7H2,1-3H3/t9-,10?/m0/s1. The van der Waals surface area contributed by atoms with Crippen molar-refractivity contribution in [3.05, 3.63) is 21.1 Å². The Balaban J connectivity index is 2.26. The Kier molecular flexibility index (Phi) is 4.10. The SMILES string of the molecule is CC(C)C1CCN(c2sc([C@H](C)O)cc2[N+](=O)[O-])C1. The zero-order valence-electron chi connectivity index (χ0n) is 11.5. The van der Waals surface area contributed by atoms with E-state index in [0.29, 0.717) is 21.7 Å². The summed E-state index contributed by atoms with van der Waals surface area (Å²) in [5, 5.41) is 21.4. The fraction of sp³-hybridized carbons (Fsp3) is 0.692. The number of aliphatic hydroxyl groups is 1. The number of hydrogen-bond donors (Lipinski definition) is 1. The third-order valence-corrected chi connectivity index (χ3v) is 5.13. The Morgan fingerprint density at radius 3 is 2.68 bits per heavy atom. The van der Waals surface area contributed by atoms with E-state index in [1.165, 1.54) is 17.4 Å². The zero-order chi connectivity index (χ0) is 14.2. The Bertz CT molecular complexity index is 470. The quantitative estimate of drug-likeness (QED) is 0.681. The number of nitro groups is 1. The van der Waals surface area contributed by atoms with Gasteiger partial charge in [-0.25, -0.2) is 0 Å². The minimum atomic E-state index is -0.652. The van der Waals surface area contributed by atoms with Crippen molar-refractivity contribution in [2.45, 2.75) is 33.3 Å². The van der Waals surface area contributed by atoms with E-state index in [2.05, 4.69) is 18.7 Å². The maximum atomic E-state index is 11.1. The lowest BCUT2D eigenvalue weighted by molar-refractivity contribution is -0.383. The molecular weight excluding hydrogens is 264 g/mol. The van der Waals surface area contributed by atoms with E-state index in [0.717, 1.165) is 19.5 Å². The first-order chi connectivity index (χ1) is 8.90. The average molecular weight is 284 g/mol. The maximum absolute atomic E-state index is 11.1.